The van der Waals surface area contributed by atoms with Crippen LogP contribution >= 0.6 is 0 Å². The number of hydrogen-bond donors (Lipinski definition) is 0. The number of aldehydes is 1. The zero-order valence-electron chi connectivity index (χ0n) is 11.0. The molecule has 0 saturated heterocycles. The lowest BCUT2D eigenvalue weighted by Gasteiger charge is -2.04. The Kier molecular flexibility index (Phi) is 3.36. The zero-order chi connectivity index (χ0) is 14.8. The molecule has 2 nitrogen and oxygen atoms in total. The second-order valence-electron chi connectivity index (χ2n) is 4.65. The number of rotatable bonds is 3. The van der Waals surface area contributed by atoms with Crippen LogP contribution in [0.5, 0.6) is 0 Å². The number of nitrogens with zero attached hydrogens (tertiary/aromatic N) is 1. The number of halogens is 2. The van der Waals surface area contributed by atoms with Crippen LogP contribution in [0.4, 0.5) is 8.78 Å². The molecule has 0 fully saturated rings. The van der Waals surface area contributed by atoms with Gasteiger partial charge in [-0.05, 0) is 35.4 Å². The van der Waals surface area contributed by atoms with E-state index in [4.69, 9.17) is 0 Å². The Labute approximate surface area is 120 Å². The van der Waals surface area contributed by atoms with Crippen LogP contribution < -0.4 is 0 Å². The van der Waals surface area contributed by atoms with Gasteiger partial charge < -0.3 is 4.57 Å². The minimum atomic E-state index is -0.500. The molecule has 4 heteroatoms. The van der Waals surface area contributed by atoms with Crippen molar-refractivity contribution < 1.29 is 13.6 Å². The standard InChI is InChI=1S/C17H11F2NO/c18-15-4-5-16(19)17(9-15)20-7-6-14(10-20)13-3-1-2-12(8-13)11-21/h1-11H. The highest BCUT2D eigenvalue weighted by molar-refractivity contribution is 5.78. The van der Waals surface area contributed by atoms with Crippen LogP contribution in [0.1, 0.15) is 10.4 Å². The predicted octanol–water partition coefficient (Wildman–Crippen LogP) is 4.24. The Hall–Kier alpha value is -2.75. The third kappa shape index (κ3) is 2.60. The number of benzene rings is 2. The monoisotopic (exact) mass is 283 g/mol. The highest BCUT2D eigenvalue weighted by atomic mass is 19.1. The van der Waals surface area contributed by atoms with Crippen molar-refractivity contribution in [2.24, 2.45) is 0 Å². The molecule has 0 spiro atoms. The summed E-state index contributed by atoms with van der Waals surface area (Å²) in [6.07, 6.45) is 4.12. The molecule has 1 aromatic heterocycles. The highest BCUT2D eigenvalue weighted by Crippen LogP contribution is 2.23. The normalized spacial score (nSPS) is 10.6. The summed E-state index contributed by atoms with van der Waals surface area (Å²) in [7, 11) is 0. The molecule has 3 rings (SSSR count). The van der Waals surface area contributed by atoms with Crippen molar-refractivity contribution in [3.63, 3.8) is 0 Å². The van der Waals surface area contributed by atoms with Gasteiger partial charge in [0.1, 0.15) is 17.9 Å². The van der Waals surface area contributed by atoms with E-state index >= 15 is 0 Å². The summed E-state index contributed by atoms with van der Waals surface area (Å²) in [6, 6.07) is 12.2. The number of carbonyl (C=O) groups excluding carboxylic acids is 1. The average Bonchev–Trinajstić information content (AvgIpc) is 2.99. The number of hydrogen-bond acceptors (Lipinski definition) is 1. The molecule has 3 aromatic rings. The van der Waals surface area contributed by atoms with Crippen LogP contribution in [0.3, 0.4) is 0 Å². The van der Waals surface area contributed by atoms with Crippen molar-refractivity contribution in [1.29, 1.82) is 0 Å². The van der Waals surface area contributed by atoms with Crippen LogP contribution in [-0.2, 0) is 0 Å². The lowest BCUT2D eigenvalue weighted by molar-refractivity contribution is 0.112. The third-order valence-corrected chi connectivity index (χ3v) is 3.24. The first-order valence-corrected chi connectivity index (χ1v) is 6.36. The van der Waals surface area contributed by atoms with Gasteiger partial charge in [-0.2, -0.15) is 0 Å². The van der Waals surface area contributed by atoms with Gasteiger partial charge in [0.15, 0.2) is 0 Å². The summed E-state index contributed by atoms with van der Waals surface area (Å²) in [4.78, 5) is 10.8. The van der Waals surface area contributed by atoms with E-state index in [9.17, 15) is 13.6 Å². The molecule has 104 valence electrons. The van der Waals surface area contributed by atoms with E-state index < -0.39 is 11.6 Å². The van der Waals surface area contributed by atoms with Gasteiger partial charge in [0.2, 0.25) is 0 Å². The summed E-state index contributed by atoms with van der Waals surface area (Å²) in [5.74, 6) is -0.996. The van der Waals surface area contributed by atoms with Gasteiger partial charge in [0.05, 0.1) is 5.69 Å². The lowest BCUT2D eigenvalue weighted by Crippen LogP contribution is -1.95. The van der Waals surface area contributed by atoms with Crippen molar-refractivity contribution in [3.8, 4) is 16.8 Å². The molecule has 0 bridgehead atoms. The number of carbonyl (C=O) groups is 1. The quantitative estimate of drug-likeness (QED) is 0.659. The number of aromatic nitrogens is 1. The first kappa shape index (κ1) is 13.2. The summed E-state index contributed by atoms with van der Waals surface area (Å²) >= 11 is 0. The molecule has 2 aromatic carbocycles. The van der Waals surface area contributed by atoms with Gasteiger partial charge in [-0.1, -0.05) is 18.2 Å². The molecule has 0 aliphatic heterocycles. The first-order chi connectivity index (χ1) is 10.2. The molecule has 0 amide bonds. The van der Waals surface area contributed by atoms with Gasteiger partial charge in [-0.15, -0.1) is 0 Å². The fourth-order valence-corrected chi connectivity index (χ4v) is 2.19. The van der Waals surface area contributed by atoms with Crippen molar-refractivity contribution in [2.45, 2.75) is 0 Å². The third-order valence-electron chi connectivity index (χ3n) is 3.24. The van der Waals surface area contributed by atoms with Crippen molar-refractivity contribution >= 4 is 6.29 Å². The average molecular weight is 283 g/mol. The zero-order valence-corrected chi connectivity index (χ0v) is 11.0. The largest absolute Gasteiger partial charge is 0.321 e. The predicted molar refractivity (Wildman–Crippen MR) is 76.5 cm³/mol. The molecular weight excluding hydrogens is 272 g/mol. The van der Waals surface area contributed by atoms with Crippen LogP contribution in [0.2, 0.25) is 0 Å². The van der Waals surface area contributed by atoms with Crippen LogP contribution in [0.15, 0.2) is 60.9 Å². The second kappa shape index (κ2) is 5.32. The summed E-state index contributed by atoms with van der Waals surface area (Å²) in [5, 5.41) is 0. The van der Waals surface area contributed by atoms with Gasteiger partial charge in [-0.3, -0.25) is 4.79 Å². The fraction of sp³-hybridized carbons (Fsp3) is 0. The highest BCUT2D eigenvalue weighted by Gasteiger charge is 2.08. The van der Waals surface area contributed by atoms with E-state index in [1.54, 1.807) is 36.7 Å². The molecule has 0 aliphatic rings. The van der Waals surface area contributed by atoms with E-state index in [-0.39, 0.29) is 5.69 Å². The van der Waals surface area contributed by atoms with E-state index in [0.29, 0.717) is 5.56 Å². The van der Waals surface area contributed by atoms with Crippen molar-refractivity contribution in [2.75, 3.05) is 0 Å². The molecule has 21 heavy (non-hydrogen) atoms. The first-order valence-electron chi connectivity index (χ1n) is 6.36. The molecule has 1 heterocycles. The molecule has 0 unspecified atom stereocenters. The van der Waals surface area contributed by atoms with Gasteiger partial charge in [0.25, 0.3) is 0 Å². The Morgan fingerprint density at radius 3 is 2.62 bits per heavy atom. The maximum absolute atomic E-state index is 13.8. The molecule has 0 saturated carbocycles. The SMILES string of the molecule is O=Cc1cccc(-c2ccn(-c3cc(F)ccc3F)c2)c1. The van der Waals surface area contributed by atoms with E-state index in [1.165, 1.54) is 4.57 Å². The topological polar surface area (TPSA) is 22.0 Å². The Morgan fingerprint density at radius 2 is 1.81 bits per heavy atom. The van der Waals surface area contributed by atoms with Gasteiger partial charge in [-0.25, -0.2) is 8.78 Å². The van der Waals surface area contributed by atoms with Crippen LogP contribution in [0.25, 0.3) is 16.8 Å². The summed E-state index contributed by atoms with van der Waals surface area (Å²) in [5.41, 5.74) is 2.38. The lowest BCUT2D eigenvalue weighted by atomic mass is 10.1. The van der Waals surface area contributed by atoms with E-state index in [1.807, 2.05) is 6.07 Å². The van der Waals surface area contributed by atoms with Crippen molar-refractivity contribution in [3.05, 3.63) is 78.1 Å². The van der Waals surface area contributed by atoms with E-state index in [0.717, 1.165) is 35.6 Å². The fourth-order valence-electron chi connectivity index (χ4n) is 2.19. The maximum Gasteiger partial charge on any atom is 0.150 e. The Morgan fingerprint density at radius 1 is 0.952 bits per heavy atom. The minimum Gasteiger partial charge on any atom is -0.321 e. The Balaban J connectivity index is 2.03. The van der Waals surface area contributed by atoms with Gasteiger partial charge in [0, 0.05) is 24.0 Å². The molecule has 0 aliphatic carbocycles. The van der Waals surface area contributed by atoms with Crippen LogP contribution in [-0.4, -0.2) is 10.9 Å². The second-order valence-corrected chi connectivity index (χ2v) is 4.65. The van der Waals surface area contributed by atoms with Crippen molar-refractivity contribution in [1.82, 2.24) is 4.57 Å². The van der Waals surface area contributed by atoms with Crippen LogP contribution in [0, 0.1) is 11.6 Å². The molecular formula is C17H11F2NO. The molecule has 0 radical (unpaired) electrons. The summed E-state index contributed by atoms with van der Waals surface area (Å²) in [6.45, 7) is 0. The molecule has 0 N–H and O–H groups in total. The maximum atomic E-state index is 13.8. The smallest absolute Gasteiger partial charge is 0.150 e. The van der Waals surface area contributed by atoms with Gasteiger partial charge >= 0.3 is 0 Å². The Bertz CT molecular complexity index is 808. The molecule has 0 atom stereocenters. The van der Waals surface area contributed by atoms with E-state index in [2.05, 4.69) is 0 Å². The summed E-state index contributed by atoms with van der Waals surface area (Å²) < 4.78 is 28.5. The minimum absolute atomic E-state index is 0.146.